The van der Waals surface area contributed by atoms with Gasteiger partial charge in [0.05, 0.1) is 6.61 Å². The van der Waals surface area contributed by atoms with Gasteiger partial charge in [-0.15, -0.1) is 10.2 Å². The molecule has 0 radical (unpaired) electrons. The highest BCUT2D eigenvalue weighted by molar-refractivity contribution is 5.97. The highest BCUT2D eigenvalue weighted by atomic mass is 16.3. The van der Waals surface area contributed by atoms with Gasteiger partial charge in [-0.2, -0.15) is 5.21 Å². The smallest absolute Gasteiger partial charge is 0.247 e. The second kappa shape index (κ2) is 13.3. The number of benzene rings is 3. The molecule has 2 amide bonds. The van der Waals surface area contributed by atoms with Crippen LogP contribution in [0.25, 0.3) is 22.5 Å². The number of amides is 2. The monoisotopic (exact) mass is 553 g/mol. The third kappa shape index (κ3) is 7.03. The van der Waals surface area contributed by atoms with Crippen LogP contribution in [0.2, 0.25) is 0 Å². The number of hydrogen-bond acceptors (Lipinski definition) is 7. The third-order valence-corrected chi connectivity index (χ3v) is 7.83. The molecule has 5 rings (SSSR count). The van der Waals surface area contributed by atoms with E-state index in [-0.39, 0.29) is 24.3 Å². The predicted octanol–water partition coefficient (Wildman–Crippen LogP) is 3.46. The van der Waals surface area contributed by atoms with E-state index in [0.29, 0.717) is 30.4 Å². The number of aromatic amines is 1. The Morgan fingerprint density at radius 1 is 0.951 bits per heavy atom. The Bertz CT molecular complexity index is 1430. The highest BCUT2D eigenvalue weighted by Gasteiger charge is 2.29. The van der Waals surface area contributed by atoms with E-state index in [1.54, 1.807) is 24.3 Å². The molecular weight excluding hydrogens is 518 g/mol. The van der Waals surface area contributed by atoms with Crippen molar-refractivity contribution in [1.29, 1.82) is 0 Å². The molecule has 1 aliphatic carbocycles. The lowest BCUT2D eigenvalue weighted by atomic mass is 9.81. The van der Waals surface area contributed by atoms with Crippen molar-refractivity contribution in [3.8, 4) is 22.5 Å². The van der Waals surface area contributed by atoms with Crippen LogP contribution in [0, 0.1) is 11.8 Å². The van der Waals surface area contributed by atoms with Crippen molar-refractivity contribution in [1.82, 2.24) is 25.9 Å². The van der Waals surface area contributed by atoms with Crippen LogP contribution in [0.3, 0.4) is 0 Å². The first-order valence-electron chi connectivity index (χ1n) is 14.0. The minimum Gasteiger partial charge on any atom is -0.392 e. The lowest BCUT2D eigenvalue weighted by molar-refractivity contribution is -0.130. The van der Waals surface area contributed by atoms with E-state index in [2.05, 4.69) is 31.3 Å². The van der Waals surface area contributed by atoms with Gasteiger partial charge in [0.25, 0.3) is 0 Å². The zero-order valence-corrected chi connectivity index (χ0v) is 22.8. The number of aromatic nitrogens is 4. The summed E-state index contributed by atoms with van der Waals surface area (Å²) in [5, 5.41) is 29.7. The van der Waals surface area contributed by atoms with Crippen LogP contribution in [0.5, 0.6) is 0 Å². The number of nitrogens with zero attached hydrogens (tertiary/aromatic N) is 3. The zero-order chi connectivity index (χ0) is 28.6. The molecule has 6 N–H and O–H groups in total. The fourth-order valence-corrected chi connectivity index (χ4v) is 5.37. The first kappa shape index (κ1) is 28.1. The minimum absolute atomic E-state index is 0.0462. The molecule has 1 fully saturated rings. The maximum Gasteiger partial charge on any atom is 0.247 e. The summed E-state index contributed by atoms with van der Waals surface area (Å²) < 4.78 is 0. The Kier molecular flexibility index (Phi) is 9.12. The molecule has 0 bridgehead atoms. The van der Waals surface area contributed by atoms with Crippen molar-refractivity contribution in [3.63, 3.8) is 0 Å². The van der Waals surface area contributed by atoms with Crippen molar-refractivity contribution >= 4 is 17.5 Å². The van der Waals surface area contributed by atoms with Crippen LogP contribution >= 0.6 is 0 Å². The van der Waals surface area contributed by atoms with Gasteiger partial charge in [-0.25, -0.2) is 0 Å². The van der Waals surface area contributed by atoms with Crippen molar-refractivity contribution in [3.05, 3.63) is 83.9 Å². The highest BCUT2D eigenvalue weighted by Crippen LogP contribution is 2.29. The van der Waals surface area contributed by atoms with E-state index < -0.39 is 6.04 Å². The van der Waals surface area contributed by atoms with Gasteiger partial charge in [-0.05, 0) is 89.9 Å². The van der Waals surface area contributed by atoms with Gasteiger partial charge >= 0.3 is 0 Å². The number of aliphatic hydroxyl groups excluding tert-OH is 1. The Hall–Kier alpha value is -4.41. The van der Waals surface area contributed by atoms with Gasteiger partial charge in [-0.1, -0.05) is 48.5 Å². The number of H-pyrrole nitrogens is 1. The molecule has 1 aliphatic rings. The number of carbonyl (C=O) groups excluding carboxylic acids is 2. The molecule has 0 aliphatic heterocycles. The zero-order valence-electron chi connectivity index (χ0n) is 22.8. The molecule has 1 heterocycles. The third-order valence-electron chi connectivity index (χ3n) is 7.83. The van der Waals surface area contributed by atoms with Crippen molar-refractivity contribution in [2.75, 3.05) is 11.9 Å². The number of hydrogen-bond donors (Lipinski definition) is 5. The molecule has 41 heavy (non-hydrogen) atoms. The van der Waals surface area contributed by atoms with E-state index in [4.69, 9.17) is 5.73 Å². The van der Waals surface area contributed by atoms with E-state index in [9.17, 15) is 14.7 Å². The summed E-state index contributed by atoms with van der Waals surface area (Å²) in [6.07, 6.45) is 3.74. The summed E-state index contributed by atoms with van der Waals surface area (Å²) in [6, 6.07) is 22.0. The molecule has 0 unspecified atom stereocenters. The Labute approximate surface area is 238 Å². The molecular formula is C31H35N7O3. The number of carbonyl (C=O) groups is 2. The second-order valence-electron chi connectivity index (χ2n) is 10.5. The van der Waals surface area contributed by atoms with Crippen LogP contribution in [0.15, 0.2) is 72.8 Å². The molecule has 10 heteroatoms. The summed E-state index contributed by atoms with van der Waals surface area (Å²) in [6.45, 7) is 0.596. The SMILES string of the molecule is NC[C@H]1CC[C@H](C(=O)N[C@@H](Cc2ccc(-c3ccccc3CO)cc2)C(=O)Nc2ccc(-c3nn[nH]n3)cc2)CC1. The first-order valence-corrected chi connectivity index (χ1v) is 14.0. The summed E-state index contributed by atoms with van der Waals surface area (Å²) in [4.78, 5) is 26.8. The predicted molar refractivity (Wildman–Crippen MR) is 156 cm³/mol. The number of anilines is 1. The van der Waals surface area contributed by atoms with Crippen molar-refractivity contribution in [2.24, 2.45) is 17.6 Å². The number of rotatable bonds is 10. The van der Waals surface area contributed by atoms with Crippen LogP contribution in [0.4, 0.5) is 5.69 Å². The summed E-state index contributed by atoms with van der Waals surface area (Å²) in [5.74, 6) is 0.405. The fourth-order valence-electron chi connectivity index (χ4n) is 5.37. The fraction of sp³-hybridized carbons (Fsp3) is 0.323. The molecule has 1 atom stereocenters. The van der Waals surface area contributed by atoms with E-state index in [1.165, 1.54) is 0 Å². The first-order chi connectivity index (χ1) is 20.0. The molecule has 3 aromatic carbocycles. The topological polar surface area (TPSA) is 159 Å². The van der Waals surface area contributed by atoms with E-state index in [0.717, 1.165) is 53.5 Å². The minimum atomic E-state index is -0.762. The second-order valence-corrected chi connectivity index (χ2v) is 10.5. The molecule has 1 saturated carbocycles. The Balaban J connectivity index is 1.31. The molecule has 10 nitrogen and oxygen atoms in total. The number of nitrogens with two attached hydrogens (primary N) is 1. The van der Waals surface area contributed by atoms with Crippen LogP contribution in [0.1, 0.15) is 36.8 Å². The average molecular weight is 554 g/mol. The van der Waals surface area contributed by atoms with Crippen LogP contribution < -0.4 is 16.4 Å². The number of tetrazole rings is 1. The molecule has 0 saturated heterocycles. The van der Waals surface area contributed by atoms with Crippen molar-refractivity contribution < 1.29 is 14.7 Å². The van der Waals surface area contributed by atoms with Crippen LogP contribution in [-0.4, -0.2) is 50.1 Å². The van der Waals surface area contributed by atoms with Gasteiger partial charge in [0, 0.05) is 23.6 Å². The molecule has 0 spiro atoms. The van der Waals surface area contributed by atoms with Gasteiger partial charge in [-0.3, -0.25) is 9.59 Å². The van der Waals surface area contributed by atoms with Gasteiger partial charge in [0.15, 0.2) is 0 Å². The van der Waals surface area contributed by atoms with Crippen LogP contribution in [-0.2, 0) is 22.6 Å². The maximum absolute atomic E-state index is 13.5. The summed E-state index contributed by atoms with van der Waals surface area (Å²) in [7, 11) is 0. The van der Waals surface area contributed by atoms with Crippen molar-refractivity contribution in [2.45, 2.75) is 44.8 Å². The molecule has 212 valence electrons. The lowest BCUT2D eigenvalue weighted by Crippen LogP contribution is -2.48. The maximum atomic E-state index is 13.5. The van der Waals surface area contributed by atoms with E-state index >= 15 is 0 Å². The molecule has 4 aromatic rings. The molecule has 1 aromatic heterocycles. The normalized spacial score (nSPS) is 17.5. The number of aliphatic hydroxyl groups is 1. The Morgan fingerprint density at radius 2 is 1.66 bits per heavy atom. The average Bonchev–Trinajstić information content (AvgIpc) is 3.57. The van der Waals surface area contributed by atoms with Gasteiger partial charge in [0.1, 0.15) is 6.04 Å². The van der Waals surface area contributed by atoms with Gasteiger partial charge < -0.3 is 21.5 Å². The van der Waals surface area contributed by atoms with E-state index in [1.807, 2.05) is 48.5 Å². The van der Waals surface area contributed by atoms with Gasteiger partial charge in [0.2, 0.25) is 17.6 Å². The number of nitrogens with one attached hydrogen (secondary N) is 3. The summed E-state index contributed by atoms with van der Waals surface area (Å²) in [5.41, 5.74) is 10.9. The lowest BCUT2D eigenvalue weighted by Gasteiger charge is -2.28. The standard InChI is InChI=1S/C31H35N7O3/c32-18-21-7-11-24(12-8-21)30(40)34-28(31(41)33-26-15-13-23(14-16-26)29-35-37-38-36-29)17-20-5-9-22(10-6-20)27-4-2-1-3-25(27)19-39/h1-6,9-10,13-16,21,24,28,39H,7-8,11-12,17-19,32H2,(H,33,41)(H,34,40)(H,35,36,37,38)/t21-,24-,28-/m0/s1. The Morgan fingerprint density at radius 3 is 2.32 bits per heavy atom. The largest absolute Gasteiger partial charge is 0.392 e. The quantitative estimate of drug-likeness (QED) is 0.201. The summed E-state index contributed by atoms with van der Waals surface area (Å²) >= 11 is 0.